The number of aryl methyl sites for hydroxylation is 1. The Kier molecular flexibility index (Phi) is 3.79. The van der Waals surface area contributed by atoms with Crippen LogP contribution in [0.1, 0.15) is 37.7 Å². The van der Waals surface area contributed by atoms with Crippen LogP contribution in [-0.2, 0) is 6.42 Å². The van der Waals surface area contributed by atoms with Crippen LogP contribution in [0.25, 0.3) is 0 Å². The summed E-state index contributed by atoms with van der Waals surface area (Å²) in [6, 6.07) is 10.6. The molecule has 2 unspecified atom stereocenters. The second kappa shape index (κ2) is 5.32. The molecule has 0 aliphatic heterocycles. The summed E-state index contributed by atoms with van der Waals surface area (Å²) >= 11 is 0. The van der Waals surface area contributed by atoms with Crippen molar-refractivity contribution in [2.24, 2.45) is 5.92 Å². The molecule has 1 aliphatic rings. The Morgan fingerprint density at radius 1 is 1.07 bits per heavy atom. The Morgan fingerprint density at radius 3 is 2.53 bits per heavy atom. The highest BCUT2D eigenvalue weighted by Gasteiger charge is 2.22. The first-order valence-electron chi connectivity index (χ1n) is 6.08. The van der Waals surface area contributed by atoms with E-state index in [0.717, 1.165) is 19.3 Å². The van der Waals surface area contributed by atoms with Gasteiger partial charge in [0.1, 0.15) is 0 Å². The standard InChI is InChI=1S/C14H20O/c15-14-9-5-4-8-13(14)11-10-12-6-2-1-3-7-12/h1-3,6-7,13-15H,4-5,8-11H2. The van der Waals surface area contributed by atoms with Crippen molar-refractivity contribution >= 4 is 0 Å². The topological polar surface area (TPSA) is 20.2 Å². The molecular weight excluding hydrogens is 184 g/mol. The second-order valence-electron chi connectivity index (χ2n) is 4.64. The smallest absolute Gasteiger partial charge is 0.0568 e. The molecule has 1 fully saturated rings. The van der Waals surface area contributed by atoms with Crippen LogP contribution in [0.4, 0.5) is 0 Å². The quantitative estimate of drug-likeness (QED) is 0.801. The molecule has 0 bridgehead atoms. The van der Waals surface area contributed by atoms with Gasteiger partial charge in [-0.3, -0.25) is 0 Å². The zero-order chi connectivity index (χ0) is 10.5. The average molecular weight is 204 g/mol. The highest BCUT2D eigenvalue weighted by atomic mass is 16.3. The Morgan fingerprint density at radius 2 is 1.80 bits per heavy atom. The SMILES string of the molecule is OC1CCCCC1CCc1ccccc1. The number of aliphatic hydroxyl groups excluding tert-OH is 1. The molecule has 1 aromatic carbocycles. The molecule has 1 heteroatoms. The third-order valence-corrected chi connectivity index (χ3v) is 3.52. The van der Waals surface area contributed by atoms with Gasteiger partial charge < -0.3 is 5.11 Å². The van der Waals surface area contributed by atoms with Crippen LogP contribution in [0.2, 0.25) is 0 Å². The molecule has 0 amide bonds. The maximum Gasteiger partial charge on any atom is 0.0568 e. The van der Waals surface area contributed by atoms with Gasteiger partial charge >= 0.3 is 0 Å². The molecule has 1 aliphatic carbocycles. The Labute approximate surface area is 92.1 Å². The number of hydrogen-bond donors (Lipinski definition) is 1. The zero-order valence-corrected chi connectivity index (χ0v) is 9.23. The van der Waals surface area contributed by atoms with Crippen molar-refractivity contribution in [2.75, 3.05) is 0 Å². The van der Waals surface area contributed by atoms with E-state index in [1.165, 1.54) is 24.8 Å². The van der Waals surface area contributed by atoms with Crippen LogP contribution in [0.5, 0.6) is 0 Å². The molecule has 0 spiro atoms. The first-order chi connectivity index (χ1) is 7.36. The summed E-state index contributed by atoms with van der Waals surface area (Å²) in [5, 5.41) is 9.85. The summed E-state index contributed by atoms with van der Waals surface area (Å²) in [7, 11) is 0. The third kappa shape index (κ3) is 3.07. The molecule has 0 aromatic heterocycles. The Hall–Kier alpha value is -0.820. The van der Waals surface area contributed by atoms with Crippen molar-refractivity contribution in [1.29, 1.82) is 0 Å². The van der Waals surface area contributed by atoms with Gasteiger partial charge in [-0.2, -0.15) is 0 Å². The van der Waals surface area contributed by atoms with Gasteiger partial charge in [0.15, 0.2) is 0 Å². The fraction of sp³-hybridized carbons (Fsp3) is 0.571. The molecule has 2 rings (SSSR count). The summed E-state index contributed by atoms with van der Waals surface area (Å²) in [6.45, 7) is 0. The van der Waals surface area contributed by atoms with Crippen molar-refractivity contribution in [3.63, 3.8) is 0 Å². The highest BCUT2D eigenvalue weighted by Crippen LogP contribution is 2.27. The number of hydrogen-bond acceptors (Lipinski definition) is 1. The number of benzene rings is 1. The van der Waals surface area contributed by atoms with E-state index in [0.29, 0.717) is 5.92 Å². The first-order valence-corrected chi connectivity index (χ1v) is 6.08. The lowest BCUT2D eigenvalue weighted by Crippen LogP contribution is -2.24. The lowest BCUT2D eigenvalue weighted by atomic mass is 9.83. The monoisotopic (exact) mass is 204 g/mol. The van der Waals surface area contributed by atoms with Gasteiger partial charge in [0.25, 0.3) is 0 Å². The molecule has 1 saturated carbocycles. The summed E-state index contributed by atoms with van der Waals surface area (Å²) in [4.78, 5) is 0. The molecule has 0 saturated heterocycles. The molecule has 82 valence electrons. The summed E-state index contributed by atoms with van der Waals surface area (Å²) in [5.74, 6) is 0.541. The predicted octanol–water partition coefficient (Wildman–Crippen LogP) is 3.17. The van der Waals surface area contributed by atoms with Crippen LogP contribution >= 0.6 is 0 Å². The summed E-state index contributed by atoms with van der Waals surface area (Å²) < 4.78 is 0. The molecule has 1 nitrogen and oxygen atoms in total. The Bertz CT molecular complexity index is 281. The van der Waals surface area contributed by atoms with Gasteiger partial charge in [0.05, 0.1) is 6.10 Å². The maximum absolute atomic E-state index is 9.85. The van der Waals surface area contributed by atoms with Gasteiger partial charge in [-0.15, -0.1) is 0 Å². The van der Waals surface area contributed by atoms with E-state index in [1.54, 1.807) is 0 Å². The fourth-order valence-electron chi connectivity index (χ4n) is 2.52. The first kappa shape index (κ1) is 10.7. The number of aliphatic hydroxyl groups is 1. The molecule has 0 radical (unpaired) electrons. The highest BCUT2D eigenvalue weighted by molar-refractivity contribution is 5.14. The van der Waals surface area contributed by atoms with Crippen LogP contribution in [-0.4, -0.2) is 11.2 Å². The Balaban J connectivity index is 1.82. The summed E-state index contributed by atoms with van der Waals surface area (Å²) in [6.07, 6.45) is 6.96. The molecule has 1 aromatic rings. The normalized spacial score (nSPS) is 26.5. The van der Waals surface area contributed by atoms with E-state index in [4.69, 9.17) is 0 Å². The van der Waals surface area contributed by atoms with Crippen LogP contribution in [0.15, 0.2) is 30.3 Å². The maximum atomic E-state index is 9.85. The lowest BCUT2D eigenvalue weighted by Gasteiger charge is -2.27. The van der Waals surface area contributed by atoms with Crippen molar-refractivity contribution < 1.29 is 5.11 Å². The van der Waals surface area contributed by atoms with E-state index in [-0.39, 0.29) is 6.10 Å². The largest absolute Gasteiger partial charge is 0.393 e. The molecule has 0 heterocycles. The van der Waals surface area contributed by atoms with Crippen molar-refractivity contribution in [2.45, 2.75) is 44.6 Å². The summed E-state index contributed by atoms with van der Waals surface area (Å²) in [5.41, 5.74) is 1.40. The molecular formula is C14H20O. The van der Waals surface area contributed by atoms with Crippen molar-refractivity contribution in [3.05, 3.63) is 35.9 Å². The molecule has 2 atom stereocenters. The van der Waals surface area contributed by atoms with E-state index in [1.807, 2.05) is 0 Å². The van der Waals surface area contributed by atoms with E-state index in [2.05, 4.69) is 30.3 Å². The lowest BCUT2D eigenvalue weighted by molar-refractivity contribution is 0.0655. The van der Waals surface area contributed by atoms with Gasteiger partial charge in [0.2, 0.25) is 0 Å². The van der Waals surface area contributed by atoms with Gasteiger partial charge in [0, 0.05) is 0 Å². The van der Waals surface area contributed by atoms with E-state index in [9.17, 15) is 5.11 Å². The van der Waals surface area contributed by atoms with Crippen LogP contribution in [0, 0.1) is 5.92 Å². The molecule has 15 heavy (non-hydrogen) atoms. The van der Waals surface area contributed by atoms with Gasteiger partial charge in [-0.25, -0.2) is 0 Å². The zero-order valence-electron chi connectivity index (χ0n) is 9.23. The average Bonchev–Trinajstić information content (AvgIpc) is 2.29. The molecule has 1 N–H and O–H groups in total. The van der Waals surface area contributed by atoms with Crippen LogP contribution < -0.4 is 0 Å². The minimum Gasteiger partial charge on any atom is -0.393 e. The fourth-order valence-corrected chi connectivity index (χ4v) is 2.52. The minimum absolute atomic E-state index is 0.0394. The predicted molar refractivity (Wildman–Crippen MR) is 62.7 cm³/mol. The number of rotatable bonds is 3. The van der Waals surface area contributed by atoms with Crippen molar-refractivity contribution in [3.8, 4) is 0 Å². The van der Waals surface area contributed by atoms with Crippen LogP contribution in [0.3, 0.4) is 0 Å². The second-order valence-corrected chi connectivity index (χ2v) is 4.64. The third-order valence-electron chi connectivity index (χ3n) is 3.52. The van der Waals surface area contributed by atoms with E-state index < -0.39 is 0 Å². The van der Waals surface area contributed by atoms with E-state index >= 15 is 0 Å². The minimum atomic E-state index is -0.0394. The van der Waals surface area contributed by atoms with Gasteiger partial charge in [-0.05, 0) is 37.2 Å². The van der Waals surface area contributed by atoms with Gasteiger partial charge in [-0.1, -0.05) is 43.2 Å². The van der Waals surface area contributed by atoms with Crippen molar-refractivity contribution in [1.82, 2.24) is 0 Å².